The number of nitrogens with one attached hydrogen (secondary N) is 1. The van der Waals surface area contributed by atoms with Crippen molar-refractivity contribution in [3.8, 4) is 0 Å². The second kappa shape index (κ2) is 6.80. The van der Waals surface area contributed by atoms with Gasteiger partial charge in [0.1, 0.15) is 6.10 Å². The van der Waals surface area contributed by atoms with E-state index in [9.17, 15) is 4.79 Å². The topological polar surface area (TPSA) is 58.6 Å². The minimum atomic E-state index is -0.272. The highest BCUT2D eigenvalue weighted by molar-refractivity contribution is 5.81. The van der Waals surface area contributed by atoms with Crippen LogP contribution in [0.1, 0.15) is 39.0 Å². The molecular formula is C11H21NO3. The van der Waals surface area contributed by atoms with Gasteiger partial charge < -0.3 is 15.2 Å². The zero-order valence-corrected chi connectivity index (χ0v) is 9.37. The van der Waals surface area contributed by atoms with Crippen LogP contribution in [0.15, 0.2) is 0 Å². The van der Waals surface area contributed by atoms with E-state index in [1.165, 1.54) is 0 Å². The van der Waals surface area contributed by atoms with E-state index in [0.29, 0.717) is 13.0 Å². The number of aliphatic hydroxyl groups excluding tert-OH is 1. The van der Waals surface area contributed by atoms with Crippen LogP contribution in [0.2, 0.25) is 0 Å². The Hall–Kier alpha value is -0.610. The van der Waals surface area contributed by atoms with Gasteiger partial charge in [0.25, 0.3) is 0 Å². The lowest BCUT2D eigenvalue weighted by molar-refractivity contribution is -0.136. The summed E-state index contributed by atoms with van der Waals surface area (Å²) in [6, 6.07) is 0.0769. The summed E-state index contributed by atoms with van der Waals surface area (Å²) in [6.07, 6.45) is 4.13. The Morgan fingerprint density at radius 1 is 1.60 bits per heavy atom. The van der Waals surface area contributed by atoms with E-state index in [1.807, 2.05) is 6.92 Å². The summed E-state index contributed by atoms with van der Waals surface area (Å²) in [7, 11) is 0. The molecule has 1 rings (SSSR count). The van der Waals surface area contributed by atoms with Gasteiger partial charge in [0.2, 0.25) is 5.91 Å². The van der Waals surface area contributed by atoms with Gasteiger partial charge in [-0.1, -0.05) is 6.92 Å². The number of carbonyl (C=O) groups excluding carboxylic acids is 1. The maximum atomic E-state index is 11.7. The van der Waals surface area contributed by atoms with Gasteiger partial charge in [0.15, 0.2) is 0 Å². The van der Waals surface area contributed by atoms with Crippen LogP contribution < -0.4 is 5.32 Å². The molecule has 2 N–H and O–H groups in total. The molecule has 1 fully saturated rings. The van der Waals surface area contributed by atoms with Gasteiger partial charge in [-0.25, -0.2) is 0 Å². The quantitative estimate of drug-likeness (QED) is 0.714. The lowest BCUT2D eigenvalue weighted by atomic mass is 10.1. The standard InChI is InChI=1S/C11H21NO3/c1-2-9(6-7-13)12-11(14)10-5-3-4-8-15-10/h9-10,13H,2-8H2,1H3,(H,12,14). The van der Waals surface area contributed by atoms with Crippen LogP contribution >= 0.6 is 0 Å². The largest absolute Gasteiger partial charge is 0.396 e. The van der Waals surface area contributed by atoms with E-state index in [2.05, 4.69) is 5.32 Å². The number of hydrogen-bond donors (Lipinski definition) is 2. The lowest BCUT2D eigenvalue weighted by Crippen LogP contribution is -2.43. The molecule has 1 aliphatic heterocycles. The third-order valence-corrected chi connectivity index (χ3v) is 2.79. The predicted molar refractivity (Wildman–Crippen MR) is 57.5 cm³/mol. The fourth-order valence-corrected chi connectivity index (χ4v) is 1.78. The molecule has 0 aromatic heterocycles. The zero-order valence-electron chi connectivity index (χ0n) is 9.37. The molecule has 0 bridgehead atoms. The molecule has 1 heterocycles. The van der Waals surface area contributed by atoms with Crippen LogP contribution in [-0.2, 0) is 9.53 Å². The molecule has 0 radical (unpaired) electrons. The number of hydrogen-bond acceptors (Lipinski definition) is 3. The summed E-state index contributed by atoms with van der Waals surface area (Å²) in [4.78, 5) is 11.7. The van der Waals surface area contributed by atoms with Crippen LogP contribution in [0.5, 0.6) is 0 Å². The number of carbonyl (C=O) groups is 1. The van der Waals surface area contributed by atoms with Crippen molar-refractivity contribution >= 4 is 5.91 Å². The summed E-state index contributed by atoms with van der Waals surface area (Å²) in [5, 5.41) is 11.7. The summed E-state index contributed by atoms with van der Waals surface area (Å²) < 4.78 is 5.39. The molecule has 2 atom stereocenters. The Morgan fingerprint density at radius 3 is 2.93 bits per heavy atom. The van der Waals surface area contributed by atoms with Gasteiger partial charge in [0.05, 0.1) is 0 Å². The zero-order chi connectivity index (χ0) is 11.1. The van der Waals surface area contributed by atoms with Crippen molar-refractivity contribution < 1.29 is 14.6 Å². The van der Waals surface area contributed by atoms with E-state index in [-0.39, 0.29) is 24.7 Å². The van der Waals surface area contributed by atoms with Gasteiger partial charge in [-0.2, -0.15) is 0 Å². The van der Waals surface area contributed by atoms with Crippen LogP contribution in [0.3, 0.4) is 0 Å². The normalized spacial score (nSPS) is 23.5. The number of rotatable bonds is 5. The number of amides is 1. The van der Waals surface area contributed by atoms with E-state index in [4.69, 9.17) is 9.84 Å². The van der Waals surface area contributed by atoms with E-state index in [1.54, 1.807) is 0 Å². The highest BCUT2D eigenvalue weighted by atomic mass is 16.5. The first-order chi connectivity index (χ1) is 7.27. The van der Waals surface area contributed by atoms with Crippen molar-refractivity contribution in [1.82, 2.24) is 5.32 Å². The van der Waals surface area contributed by atoms with Gasteiger partial charge in [-0.15, -0.1) is 0 Å². The molecule has 4 heteroatoms. The second-order valence-corrected chi connectivity index (χ2v) is 3.98. The Kier molecular flexibility index (Phi) is 5.65. The molecule has 0 saturated carbocycles. The summed E-state index contributed by atoms with van der Waals surface area (Å²) in [6.45, 7) is 2.81. The Balaban J connectivity index is 2.31. The van der Waals surface area contributed by atoms with Gasteiger partial charge in [-0.05, 0) is 32.1 Å². The summed E-state index contributed by atoms with van der Waals surface area (Å²) in [5.41, 5.74) is 0. The minimum Gasteiger partial charge on any atom is -0.396 e. The van der Waals surface area contributed by atoms with Crippen LogP contribution in [0, 0.1) is 0 Å². The molecule has 2 unspecified atom stereocenters. The Labute approximate surface area is 91.0 Å². The number of aliphatic hydroxyl groups is 1. The van der Waals surface area contributed by atoms with Crippen LogP contribution in [0.4, 0.5) is 0 Å². The second-order valence-electron chi connectivity index (χ2n) is 3.98. The van der Waals surface area contributed by atoms with Crippen molar-refractivity contribution in [2.45, 2.75) is 51.2 Å². The first kappa shape index (κ1) is 12.5. The van der Waals surface area contributed by atoms with Crippen molar-refractivity contribution in [1.29, 1.82) is 0 Å². The molecule has 1 saturated heterocycles. The average Bonchev–Trinajstić information content (AvgIpc) is 2.29. The van der Waals surface area contributed by atoms with Crippen LogP contribution in [0.25, 0.3) is 0 Å². The molecule has 4 nitrogen and oxygen atoms in total. The van der Waals surface area contributed by atoms with Gasteiger partial charge in [0, 0.05) is 19.3 Å². The molecular weight excluding hydrogens is 194 g/mol. The monoisotopic (exact) mass is 215 g/mol. The summed E-state index contributed by atoms with van der Waals surface area (Å²) >= 11 is 0. The summed E-state index contributed by atoms with van der Waals surface area (Å²) in [5.74, 6) is -0.0185. The smallest absolute Gasteiger partial charge is 0.249 e. The Bertz CT molecular complexity index is 190. The maximum Gasteiger partial charge on any atom is 0.249 e. The minimum absolute atomic E-state index is 0.0185. The van der Waals surface area contributed by atoms with Crippen LogP contribution in [-0.4, -0.2) is 36.4 Å². The van der Waals surface area contributed by atoms with Gasteiger partial charge >= 0.3 is 0 Å². The van der Waals surface area contributed by atoms with Gasteiger partial charge in [-0.3, -0.25) is 4.79 Å². The molecule has 0 aromatic carbocycles. The first-order valence-corrected chi connectivity index (χ1v) is 5.80. The first-order valence-electron chi connectivity index (χ1n) is 5.80. The van der Waals surface area contributed by atoms with E-state index >= 15 is 0 Å². The van der Waals surface area contributed by atoms with Crippen molar-refractivity contribution in [2.24, 2.45) is 0 Å². The maximum absolute atomic E-state index is 11.7. The Morgan fingerprint density at radius 2 is 2.40 bits per heavy atom. The predicted octanol–water partition coefficient (Wildman–Crippen LogP) is 0.833. The third kappa shape index (κ3) is 4.18. The molecule has 15 heavy (non-hydrogen) atoms. The van der Waals surface area contributed by atoms with E-state index in [0.717, 1.165) is 25.7 Å². The van der Waals surface area contributed by atoms with E-state index < -0.39 is 0 Å². The fraction of sp³-hybridized carbons (Fsp3) is 0.909. The number of ether oxygens (including phenoxy) is 1. The molecule has 0 aliphatic carbocycles. The molecule has 0 spiro atoms. The highest BCUT2D eigenvalue weighted by Gasteiger charge is 2.23. The fourth-order valence-electron chi connectivity index (χ4n) is 1.78. The third-order valence-electron chi connectivity index (χ3n) is 2.79. The SMILES string of the molecule is CCC(CCO)NC(=O)C1CCCCO1. The molecule has 1 aliphatic rings. The van der Waals surface area contributed by atoms with Crippen molar-refractivity contribution in [3.05, 3.63) is 0 Å². The molecule has 88 valence electrons. The van der Waals surface area contributed by atoms with Crippen molar-refractivity contribution in [2.75, 3.05) is 13.2 Å². The molecule has 0 aromatic rings. The average molecular weight is 215 g/mol. The highest BCUT2D eigenvalue weighted by Crippen LogP contribution is 2.13. The van der Waals surface area contributed by atoms with Crippen molar-refractivity contribution in [3.63, 3.8) is 0 Å². The molecule has 1 amide bonds. The lowest BCUT2D eigenvalue weighted by Gasteiger charge is -2.24.